The predicted octanol–water partition coefficient (Wildman–Crippen LogP) is 3.69. The van der Waals surface area contributed by atoms with E-state index >= 15 is 0 Å². The van der Waals surface area contributed by atoms with Crippen LogP contribution in [-0.4, -0.2) is 19.3 Å². The van der Waals surface area contributed by atoms with Crippen LogP contribution < -0.4 is 9.47 Å². The molecule has 0 saturated heterocycles. The number of benzene rings is 2. The summed E-state index contributed by atoms with van der Waals surface area (Å²) in [6, 6.07) is 9.59. The molecule has 0 spiro atoms. The first-order valence-electron chi connectivity index (χ1n) is 5.91. The summed E-state index contributed by atoms with van der Waals surface area (Å²) in [5, 5.41) is 10.4. The lowest BCUT2D eigenvalue weighted by molar-refractivity contribution is 0.214. The molecule has 1 unspecified atom stereocenters. The van der Waals surface area contributed by atoms with Gasteiger partial charge in [-0.3, -0.25) is 0 Å². The lowest BCUT2D eigenvalue weighted by Gasteiger charge is -2.16. The predicted molar refractivity (Wildman–Crippen MR) is 77.7 cm³/mol. The van der Waals surface area contributed by atoms with Crippen molar-refractivity contribution in [3.8, 4) is 11.5 Å². The third-order valence-electron chi connectivity index (χ3n) is 2.99. The van der Waals surface area contributed by atoms with E-state index in [4.69, 9.17) is 9.47 Å². The lowest BCUT2D eigenvalue weighted by atomic mass is 10.0. The van der Waals surface area contributed by atoms with Crippen molar-refractivity contribution in [3.05, 3.63) is 57.8 Å². The Balaban J connectivity index is 2.41. The molecule has 0 aromatic heterocycles. The number of halogens is 2. The molecule has 20 heavy (non-hydrogen) atoms. The maximum atomic E-state index is 13.5. The van der Waals surface area contributed by atoms with Gasteiger partial charge in [-0.15, -0.1) is 0 Å². The monoisotopic (exact) mass is 340 g/mol. The van der Waals surface area contributed by atoms with Crippen molar-refractivity contribution in [2.45, 2.75) is 6.10 Å². The van der Waals surface area contributed by atoms with Crippen molar-refractivity contribution in [1.29, 1.82) is 0 Å². The molecular weight excluding hydrogens is 327 g/mol. The van der Waals surface area contributed by atoms with Crippen molar-refractivity contribution >= 4 is 15.9 Å². The molecule has 0 aliphatic rings. The minimum Gasteiger partial charge on any atom is -0.497 e. The average Bonchev–Trinajstić information content (AvgIpc) is 2.48. The second-order valence-electron chi connectivity index (χ2n) is 4.18. The summed E-state index contributed by atoms with van der Waals surface area (Å²) in [5.74, 6) is 0.689. The minimum atomic E-state index is -0.974. The average molecular weight is 341 g/mol. The Morgan fingerprint density at radius 2 is 1.85 bits per heavy atom. The van der Waals surface area contributed by atoms with E-state index in [1.54, 1.807) is 37.4 Å². The first-order chi connectivity index (χ1) is 9.56. The van der Waals surface area contributed by atoms with Gasteiger partial charge >= 0.3 is 0 Å². The lowest BCUT2D eigenvalue weighted by Crippen LogP contribution is -2.03. The van der Waals surface area contributed by atoms with Gasteiger partial charge in [0, 0.05) is 11.6 Å². The summed E-state index contributed by atoms with van der Waals surface area (Å²) >= 11 is 3.08. The number of aliphatic hydroxyl groups is 1. The standard InChI is InChI=1S/C15H14BrFO3/c1-19-10-4-5-11(14(8-10)20-2)15(18)9-3-6-12(16)13(17)7-9/h3-8,15,18H,1-2H3. The van der Waals surface area contributed by atoms with Crippen LogP contribution in [0.5, 0.6) is 11.5 Å². The van der Waals surface area contributed by atoms with Gasteiger partial charge in [0.1, 0.15) is 23.4 Å². The Labute approximate surface area is 125 Å². The summed E-state index contributed by atoms with van der Waals surface area (Å²) in [4.78, 5) is 0. The second-order valence-corrected chi connectivity index (χ2v) is 5.04. The van der Waals surface area contributed by atoms with Crippen LogP contribution >= 0.6 is 15.9 Å². The Hall–Kier alpha value is -1.59. The van der Waals surface area contributed by atoms with Crippen LogP contribution in [0.1, 0.15) is 17.2 Å². The van der Waals surface area contributed by atoms with Gasteiger partial charge in [-0.1, -0.05) is 6.07 Å². The largest absolute Gasteiger partial charge is 0.497 e. The van der Waals surface area contributed by atoms with Crippen molar-refractivity contribution in [1.82, 2.24) is 0 Å². The van der Waals surface area contributed by atoms with Gasteiger partial charge < -0.3 is 14.6 Å². The first-order valence-corrected chi connectivity index (χ1v) is 6.71. The molecule has 106 valence electrons. The first kappa shape index (κ1) is 14.8. The third kappa shape index (κ3) is 2.94. The van der Waals surface area contributed by atoms with E-state index in [0.717, 1.165) is 0 Å². The van der Waals surface area contributed by atoms with Crippen LogP contribution in [-0.2, 0) is 0 Å². The van der Waals surface area contributed by atoms with Crippen molar-refractivity contribution < 1.29 is 19.0 Å². The van der Waals surface area contributed by atoms with Crippen molar-refractivity contribution in [2.75, 3.05) is 14.2 Å². The minimum absolute atomic E-state index is 0.357. The summed E-state index contributed by atoms with van der Waals surface area (Å²) in [6.45, 7) is 0. The summed E-state index contributed by atoms with van der Waals surface area (Å²) < 4.78 is 24.2. The van der Waals surface area contributed by atoms with Gasteiger partial charge in [0.25, 0.3) is 0 Å². The number of hydrogen-bond donors (Lipinski definition) is 1. The fourth-order valence-corrected chi connectivity index (χ4v) is 2.15. The van der Waals surface area contributed by atoms with E-state index in [1.807, 2.05) is 0 Å². The summed E-state index contributed by atoms with van der Waals surface area (Å²) in [6.07, 6.45) is -0.974. The molecule has 0 fully saturated rings. The van der Waals surface area contributed by atoms with Gasteiger partial charge in [0.05, 0.1) is 18.7 Å². The van der Waals surface area contributed by atoms with Crippen LogP contribution in [0.25, 0.3) is 0 Å². The third-order valence-corrected chi connectivity index (χ3v) is 3.64. The highest BCUT2D eigenvalue weighted by molar-refractivity contribution is 9.10. The van der Waals surface area contributed by atoms with Crippen LogP contribution in [0.3, 0.4) is 0 Å². The maximum Gasteiger partial charge on any atom is 0.137 e. The summed E-state index contributed by atoms with van der Waals surface area (Å²) in [5.41, 5.74) is 1.00. The fraction of sp³-hybridized carbons (Fsp3) is 0.200. The normalized spacial score (nSPS) is 12.1. The zero-order chi connectivity index (χ0) is 14.7. The van der Waals surface area contributed by atoms with E-state index in [-0.39, 0.29) is 0 Å². The highest BCUT2D eigenvalue weighted by atomic mass is 79.9. The van der Waals surface area contributed by atoms with E-state index in [1.165, 1.54) is 13.2 Å². The number of hydrogen-bond acceptors (Lipinski definition) is 3. The van der Waals surface area contributed by atoms with Gasteiger partial charge in [-0.25, -0.2) is 4.39 Å². The molecule has 0 radical (unpaired) electrons. The maximum absolute atomic E-state index is 13.5. The zero-order valence-electron chi connectivity index (χ0n) is 11.1. The van der Waals surface area contributed by atoms with Crippen LogP contribution in [0, 0.1) is 5.82 Å². The molecule has 2 aromatic rings. The molecule has 3 nitrogen and oxygen atoms in total. The fourth-order valence-electron chi connectivity index (χ4n) is 1.91. The Kier molecular flexibility index (Phi) is 4.62. The molecule has 0 amide bonds. The number of methoxy groups -OCH3 is 2. The smallest absolute Gasteiger partial charge is 0.137 e. The molecule has 0 aliphatic carbocycles. The van der Waals surface area contributed by atoms with Crippen molar-refractivity contribution in [3.63, 3.8) is 0 Å². The molecule has 0 heterocycles. The van der Waals surface area contributed by atoms with E-state index in [0.29, 0.717) is 27.1 Å². The van der Waals surface area contributed by atoms with Gasteiger partial charge in [0.15, 0.2) is 0 Å². The number of ether oxygens (including phenoxy) is 2. The molecule has 2 rings (SSSR count). The van der Waals surface area contributed by atoms with Crippen molar-refractivity contribution in [2.24, 2.45) is 0 Å². The molecule has 1 atom stereocenters. The molecule has 5 heteroatoms. The Morgan fingerprint density at radius 1 is 1.10 bits per heavy atom. The highest BCUT2D eigenvalue weighted by Crippen LogP contribution is 2.33. The Bertz CT molecular complexity index is 616. The molecule has 0 bridgehead atoms. The van der Waals surface area contributed by atoms with Gasteiger partial charge in [-0.05, 0) is 45.8 Å². The van der Waals surface area contributed by atoms with Crippen LogP contribution in [0.15, 0.2) is 40.9 Å². The van der Waals surface area contributed by atoms with E-state index in [9.17, 15) is 9.50 Å². The van der Waals surface area contributed by atoms with Gasteiger partial charge in [-0.2, -0.15) is 0 Å². The molecule has 2 aromatic carbocycles. The second kappa shape index (κ2) is 6.24. The van der Waals surface area contributed by atoms with E-state index in [2.05, 4.69) is 15.9 Å². The van der Waals surface area contributed by atoms with Crippen LogP contribution in [0.2, 0.25) is 0 Å². The van der Waals surface area contributed by atoms with Crippen LogP contribution in [0.4, 0.5) is 4.39 Å². The molecular formula is C15H14BrFO3. The topological polar surface area (TPSA) is 38.7 Å². The highest BCUT2D eigenvalue weighted by Gasteiger charge is 2.17. The SMILES string of the molecule is COc1ccc(C(O)c2ccc(Br)c(F)c2)c(OC)c1. The molecule has 1 N–H and O–H groups in total. The zero-order valence-corrected chi connectivity index (χ0v) is 12.6. The molecule has 0 aliphatic heterocycles. The molecule has 0 saturated carbocycles. The quantitative estimate of drug-likeness (QED) is 0.922. The van der Waals surface area contributed by atoms with E-state index < -0.39 is 11.9 Å². The Morgan fingerprint density at radius 3 is 2.45 bits per heavy atom. The number of rotatable bonds is 4. The number of aliphatic hydroxyl groups excluding tert-OH is 1. The summed E-state index contributed by atoms with van der Waals surface area (Å²) in [7, 11) is 3.06. The van der Waals surface area contributed by atoms with Gasteiger partial charge in [0.2, 0.25) is 0 Å².